The molecular weight excluding hydrogens is 410 g/mol. The summed E-state index contributed by atoms with van der Waals surface area (Å²) in [7, 11) is 1.53. The Kier molecular flexibility index (Phi) is 5.07. The van der Waals surface area contributed by atoms with Gasteiger partial charge in [-0.25, -0.2) is 0 Å². The summed E-state index contributed by atoms with van der Waals surface area (Å²) >= 11 is 6.20. The number of amides is 3. The number of ether oxygens (including phenoxy) is 1. The molecule has 3 aliphatic heterocycles. The maximum Gasteiger partial charge on any atom is 0.250 e. The Bertz CT molecular complexity index is 910. The highest BCUT2D eigenvalue weighted by Crippen LogP contribution is 2.65. The summed E-state index contributed by atoms with van der Waals surface area (Å²) in [5, 5.41) is 15.4. The highest BCUT2D eigenvalue weighted by atomic mass is 35.5. The van der Waals surface area contributed by atoms with Crippen LogP contribution in [0.3, 0.4) is 0 Å². The number of fused-ring (bicyclic) bond motifs is 1. The molecule has 3 saturated heterocycles. The Labute approximate surface area is 179 Å². The number of aliphatic hydroxyl groups is 1. The van der Waals surface area contributed by atoms with Crippen molar-refractivity contribution in [2.24, 2.45) is 17.8 Å². The minimum atomic E-state index is -1.14. The van der Waals surface area contributed by atoms with Crippen molar-refractivity contribution in [2.45, 2.75) is 37.5 Å². The zero-order chi connectivity index (χ0) is 21.8. The number of anilines is 1. The average molecular weight is 436 g/mol. The SMILES string of the molecule is CNC(=O)[C@@H]1[C@H]2C(=O)N(CCO)C(C(=O)Nc3ccccc3Cl)C23CC(C)[C@@]1(C)O3. The molecule has 3 aliphatic rings. The van der Waals surface area contributed by atoms with Gasteiger partial charge in [-0.1, -0.05) is 30.7 Å². The number of benzene rings is 1. The van der Waals surface area contributed by atoms with Crippen molar-refractivity contribution in [1.82, 2.24) is 10.2 Å². The van der Waals surface area contributed by atoms with Crippen LogP contribution in [-0.4, -0.2) is 65.2 Å². The number of rotatable bonds is 5. The minimum Gasteiger partial charge on any atom is -0.395 e. The van der Waals surface area contributed by atoms with E-state index in [1.807, 2.05) is 13.8 Å². The van der Waals surface area contributed by atoms with Gasteiger partial charge in [0.2, 0.25) is 17.7 Å². The second-order valence-corrected chi connectivity index (χ2v) is 8.95. The quantitative estimate of drug-likeness (QED) is 0.640. The molecule has 4 rings (SSSR count). The summed E-state index contributed by atoms with van der Waals surface area (Å²) in [6, 6.07) is 5.86. The molecule has 0 radical (unpaired) electrons. The van der Waals surface area contributed by atoms with E-state index in [1.165, 1.54) is 11.9 Å². The van der Waals surface area contributed by atoms with Gasteiger partial charge in [-0.3, -0.25) is 14.4 Å². The van der Waals surface area contributed by atoms with Gasteiger partial charge in [0.25, 0.3) is 0 Å². The molecule has 0 aromatic heterocycles. The Balaban J connectivity index is 1.78. The van der Waals surface area contributed by atoms with E-state index in [9.17, 15) is 19.5 Å². The Morgan fingerprint density at radius 1 is 1.33 bits per heavy atom. The molecule has 9 heteroatoms. The number of likely N-dealkylation sites (tertiary alicyclic amines) is 1. The summed E-state index contributed by atoms with van der Waals surface area (Å²) in [5.74, 6) is -2.59. The fraction of sp³-hybridized carbons (Fsp3) is 0.571. The molecule has 3 fully saturated rings. The Morgan fingerprint density at radius 3 is 2.67 bits per heavy atom. The van der Waals surface area contributed by atoms with Gasteiger partial charge in [0.1, 0.15) is 11.6 Å². The zero-order valence-electron chi connectivity index (χ0n) is 17.1. The Hall–Kier alpha value is -2.16. The van der Waals surface area contributed by atoms with Gasteiger partial charge < -0.3 is 25.4 Å². The van der Waals surface area contributed by atoms with Crippen LogP contribution in [0.1, 0.15) is 20.3 Å². The van der Waals surface area contributed by atoms with Crippen LogP contribution in [0.2, 0.25) is 5.02 Å². The number of β-amino-alcohol motifs (C(OH)–C–C–N with tert-alkyl or cyclic N) is 1. The van der Waals surface area contributed by atoms with Gasteiger partial charge in [0.15, 0.2) is 0 Å². The number of carbonyl (C=O) groups excluding carboxylic acids is 3. The largest absolute Gasteiger partial charge is 0.395 e. The first-order valence-electron chi connectivity index (χ1n) is 10.1. The lowest BCUT2D eigenvalue weighted by molar-refractivity contribution is -0.146. The fourth-order valence-electron chi connectivity index (χ4n) is 5.71. The van der Waals surface area contributed by atoms with E-state index < -0.39 is 35.0 Å². The van der Waals surface area contributed by atoms with Gasteiger partial charge in [0, 0.05) is 13.6 Å². The highest BCUT2D eigenvalue weighted by Gasteiger charge is 2.79. The number of nitrogens with zero attached hydrogens (tertiary/aromatic N) is 1. The number of aliphatic hydroxyl groups excluding tert-OH is 1. The standard InChI is InChI=1S/C21H26ClN3O5/c1-11-10-21-15(14(17(27)23-3)20(11,2)30-21)19(29)25(8-9-26)16(21)18(28)24-13-7-5-4-6-12(13)22/h4-7,11,14-16,26H,8-10H2,1-3H3,(H,23,27)(H,24,28)/t11?,14-,15-,16?,20+,21?/m0/s1. The van der Waals surface area contributed by atoms with E-state index in [1.54, 1.807) is 24.3 Å². The lowest BCUT2D eigenvalue weighted by Crippen LogP contribution is -2.54. The second kappa shape index (κ2) is 7.21. The number of halogens is 1. The molecule has 3 unspecified atom stereocenters. The van der Waals surface area contributed by atoms with Crippen LogP contribution in [0.25, 0.3) is 0 Å². The molecule has 162 valence electrons. The molecule has 3 N–H and O–H groups in total. The molecule has 3 amide bonds. The van der Waals surface area contributed by atoms with Gasteiger partial charge in [-0.15, -0.1) is 0 Å². The van der Waals surface area contributed by atoms with E-state index in [0.717, 1.165) is 0 Å². The molecule has 0 saturated carbocycles. The average Bonchev–Trinajstić information content (AvgIpc) is 3.21. The molecule has 0 aliphatic carbocycles. The van der Waals surface area contributed by atoms with E-state index in [4.69, 9.17) is 16.3 Å². The summed E-state index contributed by atoms with van der Waals surface area (Å²) in [4.78, 5) is 41.0. The predicted molar refractivity (Wildman–Crippen MR) is 110 cm³/mol. The molecule has 2 bridgehead atoms. The number of para-hydroxylation sites is 1. The van der Waals surface area contributed by atoms with Crippen molar-refractivity contribution in [3.05, 3.63) is 29.3 Å². The molecular formula is C21H26ClN3O5. The molecule has 1 spiro atoms. The van der Waals surface area contributed by atoms with E-state index in [-0.39, 0.29) is 30.9 Å². The third-order valence-electron chi connectivity index (χ3n) is 7.06. The maximum absolute atomic E-state index is 13.5. The Morgan fingerprint density at radius 2 is 2.03 bits per heavy atom. The van der Waals surface area contributed by atoms with Gasteiger partial charge in [-0.05, 0) is 31.4 Å². The van der Waals surface area contributed by atoms with Gasteiger partial charge >= 0.3 is 0 Å². The smallest absolute Gasteiger partial charge is 0.250 e. The third-order valence-corrected chi connectivity index (χ3v) is 7.39. The van der Waals surface area contributed by atoms with E-state index >= 15 is 0 Å². The summed E-state index contributed by atoms with van der Waals surface area (Å²) in [6.07, 6.45) is 0.468. The van der Waals surface area contributed by atoms with Crippen molar-refractivity contribution in [2.75, 3.05) is 25.5 Å². The highest BCUT2D eigenvalue weighted by molar-refractivity contribution is 6.33. The summed E-state index contributed by atoms with van der Waals surface area (Å²) < 4.78 is 6.47. The van der Waals surface area contributed by atoms with Crippen molar-refractivity contribution in [3.63, 3.8) is 0 Å². The van der Waals surface area contributed by atoms with Crippen molar-refractivity contribution in [3.8, 4) is 0 Å². The van der Waals surface area contributed by atoms with E-state index in [0.29, 0.717) is 17.1 Å². The normalized spacial score (nSPS) is 36.7. The molecule has 1 aromatic rings. The predicted octanol–water partition coefficient (Wildman–Crippen LogP) is 1.03. The summed E-state index contributed by atoms with van der Waals surface area (Å²) in [5.41, 5.74) is -1.56. The number of hydrogen-bond donors (Lipinski definition) is 3. The van der Waals surface area contributed by atoms with E-state index in [2.05, 4.69) is 10.6 Å². The van der Waals surface area contributed by atoms with Crippen molar-refractivity contribution < 1.29 is 24.2 Å². The maximum atomic E-state index is 13.5. The number of carbonyl (C=O) groups is 3. The monoisotopic (exact) mass is 435 g/mol. The van der Waals surface area contributed by atoms with Crippen molar-refractivity contribution >= 4 is 35.0 Å². The minimum absolute atomic E-state index is 0.0212. The first kappa shape index (κ1) is 21.1. The lowest BCUT2D eigenvalue weighted by atomic mass is 9.62. The fourth-order valence-corrected chi connectivity index (χ4v) is 5.89. The van der Waals surface area contributed by atoms with Crippen LogP contribution in [-0.2, 0) is 19.1 Å². The third kappa shape index (κ3) is 2.70. The molecule has 8 nitrogen and oxygen atoms in total. The molecule has 6 atom stereocenters. The topological polar surface area (TPSA) is 108 Å². The van der Waals surface area contributed by atoms with Crippen LogP contribution >= 0.6 is 11.6 Å². The first-order chi connectivity index (χ1) is 14.2. The van der Waals surface area contributed by atoms with Gasteiger partial charge in [-0.2, -0.15) is 0 Å². The lowest BCUT2D eigenvalue weighted by Gasteiger charge is -2.36. The number of hydrogen-bond acceptors (Lipinski definition) is 5. The van der Waals surface area contributed by atoms with Gasteiger partial charge in [0.05, 0.1) is 34.8 Å². The molecule has 3 heterocycles. The first-order valence-corrected chi connectivity index (χ1v) is 10.5. The number of nitrogens with one attached hydrogen (secondary N) is 2. The van der Waals surface area contributed by atoms with Crippen LogP contribution < -0.4 is 10.6 Å². The zero-order valence-corrected chi connectivity index (χ0v) is 17.9. The van der Waals surface area contributed by atoms with Crippen LogP contribution in [0, 0.1) is 17.8 Å². The summed E-state index contributed by atoms with van der Waals surface area (Å²) in [6.45, 7) is 3.49. The van der Waals surface area contributed by atoms with Crippen LogP contribution in [0.5, 0.6) is 0 Å². The van der Waals surface area contributed by atoms with Crippen LogP contribution in [0.4, 0.5) is 5.69 Å². The molecule has 1 aromatic carbocycles. The molecule has 30 heavy (non-hydrogen) atoms. The van der Waals surface area contributed by atoms with Crippen LogP contribution in [0.15, 0.2) is 24.3 Å². The second-order valence-electron chi connectivity index (χ2n) is 8.54. The van der Waals surface area contributed by atoms with Crippen molar-refractivity contribution in [1.29, 1.82) is 0 Å².